The number of nitrogens with zero attached hydrogens (tertiary/aromatic N) is 3. The van der Waals surface area contributed by atoms with Gasteiger partial charge in [0.25, 0.3) is 5.91 Å². The lowest BCUT2D eigenvalue weighted by Crippen LogP contribution is -2.50. The molecule has 6 nitrogen and oxygen atoms in total. The number of nitrogens with one attached hydrogen (secondary N) is 1. The van der Waals surface area contributed by atoms with Gasteiger partial charge in [-0.25, -0.2) is 4.98 Å². The normalized spacial score (nSPS) is 15.4. The van der Waals surface area contributed by atoms with Gasteiger partial charge in [0.2, 0.25) is 5.91 Å². The summed E-state index contributed by atoms with van der Waals surface area (Å²) in [7, 11) is 0. The van der Waals surface area contributed by atoms with Crippen molar-refractivity contribution < 1.29 is 9.59 Å². The lowest BCUT2D eigenvalue weighted by atomic mass is 10.3. The van der Waals surface area contributed by atoms with Crippen LogP contribution < -0.4 is 5.32 Å². The maximum atomic E-state index is 12.2. The van der Waals surface area contributed by atoms with Crippen LogP contribution in [0.3, 0.4) is 0 Å². The molecule has 2 aromatic rings. The van der Waals surface area contributed by atoms with Crippen LogP contribution in [0.15, 0.2) is 29.9 Å². The van der Waals surface area contributed by atoms with E-state index in [1.165, 1.54) is 16.2 Å². The molecule has 0 spiro atoms. The van der Waals surface area contributed by atoms with Gasteiger partial charge < -0.3 is 14.8 Å². The van der Waals surface area contributed by atoms with E-state index in [-0.39, 0.29) is 18.4 Å². The Bertz CT molecular complexity index is 605. The molecule has 1 aliphatic heterocycles. The quantitative estimate of drug-likeness (QED) is 0.869. The Kier molecular flexibility index (Phi) is 3.04. The van der Waals surface area contributed by atoms with E-state index < -0.39 is 0 Å². The monoisotopic (exact) mass is 276 g/mol. The van der Waals surface area contributed by atoms with Gasteiger partial charge in [0, 0.05) is 30.9 Å². The molecule has 2 amide bonds. The molecule has 0 unspecified atom stereocenters. The van der Waals surface area contributed by atoms with Crippen LogP contribution in [0.2, 0.25) is 0 Å². The highest BCUT2D eigenvalue weighted by Gasteiger charge is 2.24. The van der Waals surface area contributed by atoms with Crippen molar-refractivity contribution in [2.75, 3.05) is 19.6 Å². The summed E-state index contributed by atoms with van der Waals surface area (Å²) in [6, 6.07) is 3.80. The molecular weight excluding hydrogens is 264 g/mol. The third-order valence-electron chi connectivity index (χ3n) is 2.86. The first-order valence-electron chi connectivity index (χ1n) is 5.89. The predicted molar refractivity (Wildman–Crippen MR) is 70.4 cm³/mol. The Morgan fingerprint density at radius 1 is 1.37 bits per heavy atom. The van der Waals surface area contributed by atoms with Crippen molar-refractivity contribution >= 4 is 23.2 Å². The van der Waals surface area contributed by atoms with E-state index in [9.17, 15) is 9.59 Å². The number of aromatic nitrogens is 2. The Labute approximate surface area is 113 Å². The molecule has 98 valence electrons. The van der Waals surface area contributed by atoms with Crippen molar-refractivity contribution in [1.82, 2.24) is 19.8 Å². The number of carbonyl (C=O) groups is 2. The van der Waals surface area contributed by atoms with Gasteiger partial charge in [-0.3, -0.25) is 9.59 Å². The molecule has 0 saturated carbocycles. The Balaban J connectivity index is 1.79. The van der Waals surface area contributed by atoms with Crippen molar-refractivity contribution in [2.45, 2.75) is 0 Å². The zero-order valence-corrected chi connectivity index (χ0v) is 10.9. The first-order valence-corrected chi connectivity index (χ1v) is 6.77. The third-order valence-corrected chi connectivity index (χ3v) is 3.72. The van der Waals surface area contributed by atoms with Gasteiger partial charge in [0.15, 0.2) is 5.13 Å². The summed E-state index contributed by atoms with van der Waals surface area (Å²) in [5.41, 5.74) is 0.392. The van der Waals surface area contributed by atoms with E-state index in [0.717, 1.165) is 5.13 Å². The average Bonchev–Trinajstić information content (AvgIpc) is 3.08. The Morgan fingerprint density at radius 2 is 2.16 bits per heavy atom. The molecule has 1 fully saturated rings. The summed E-state index contributed by atoms with van der Waals surface area (Å²) < 4.78 is 1.85. The fourth-order valence-corrected chi connectivity index (χ4v) is 2.68. The second-order valence-electron chi connectivity index (χ2n) is 4.18. The van der Waals surface area contributed by atoms with Gasteiger partial charge in [-0.15, -0.1) is 11.3 Å². The van der Waals surface area contributed by atoms with E-state index in [1.54, 1.807) is 5.38 Å². The number of thiazole rings is 1. The Hall–Kier alpha value is -2.15. The van der Waals surface area contributed by atoms with Crippen molar-refractivity contribution in [3.8, 4) is 5.13 Å². The highest BCUT2D eigenvalue weighted by atomic mass is 32.1. The summed E-state index contributed by atoms with van der Waals surface area (Å²) in [6.45, 7) is 1.13. The number of piperazine rings is 1. The minimum absolute atomic E-state index is 0.106. The molecule has 0 radical (unpaired) electrons. The molecule has 2 aromatic heterocycles. The van der Waals surface area contributed by atoms with Crippen molar-refractivity contribution in [3.63, 3.8) is 0 Å². The van der Waals surface area contributed by atoms with Gasteiger partial charge in [0.1, 0.15) is 5.69 Å². The van der Waals surface area contributed by atoms with Crippen LogP contribution >= 0.6 is 11.3 Å². The smallest absolute Gasteiger partial charge is 0.273 e. The van der Waals surface area contributed by atoms with Crippen LogP contribution in [0.5, 0.6) is 0 Å². The minimum atomic E-state index is -0.190. The fourth-order valence-electron chi connectivity index (χ4n) is 1.92. The molecule has 19 heavy (non-hydrogen) atoms. The summed E-state index contributed by atoms with van der Waals surface area (Å²) in [5.74, 6) is -0.315. The van der Waals surface area contributed by atoms with Crippen LogP contribution in [0, 0.1) is 0 Å². The predicted octanol–water partition coefficient (Wildman–Crippen LogP) is 0.506. The van der Waals surface area contributed by atoms with Crippen LogP contribution in [-0.4, -0.2) is 45.9 Å². The summed E-state index contributed by atoms with van der Waals surface area (Å²) >= 11 is 1.40. The van der Waals surface area contributed by atoms with Gasteiger partial charge in [-0.1, -0.05) is 0 Å². The first-order chi connectivity index (χ1) is 9.24. The second kappa shape index (κ2) is 4.85. The minimum Gasteiger partial charge on any atom is -0.353 e. The molecule has 0 aliphatic carbocycles. The van der Waals surface area contributed by atoms with Crippen molar-refractivity contribution in [2.24, 2.45) is 0 Å². The van der Waals surface area contributed by atoms with E-state index in [4.69, 9.17) is 0 Å². The van der Waals surface area contributed by atoms with E-state index >= 15 is 0 Å². The molecule has 1 N–H and O–H groups in total. The molecule has 3 heterocycles. The standard InChI is InChI=1S/C12H12N4O2S/c17-10-7-16(6-3-13-10)11(18)9-8-19-12(14-9)15-4-1-2-5-15/h1-2,4-5,8H,3,6-7H2,(H,13,17). The zero-order chi connectivity index (χ0) is 13.2. The maximum Gasteiger partial charge on any atom is 0.273 e. The lowest BCUT2D eigenvalue weighted by Gasteiger charge is -2.25. The van der Waals surface area contributed by atoms with Crippen molar-refractivity contribution in [1.29, 1.82) is 0 Å². The molecular formula is C12H12N4O2S. The van der Waals surface area contributed by atoms with Crippen LogP contribution in [0.1, 0.15) is 10.5 Å². The number of hydrogen-bond donors (Lipinski definition) is 1. The van der Waals surface area contributed by atoms with Crippen molar-refractivity contribution in [3.05, 3.63) is 35.6 Å². The highest BCUT2D eigenvalue weighted by Crippen LogP contribution is 2.16. The Morgan fingerprint density at radius 3 is 2.89 bits per heavy atom. The molecule has 0 atom stereocenters. The molecule has 7 heteroatoms. The maximum absolute atomic E-state index is 12.2. The molecule has 1 aliphatic rings. The van der Waals surface area contributed by atoms with Gasteiger partial charge in [-0.05, 0) is 12.1 Å². The molecule has 3 rings (SSSR count). The summed E-state index contributed by atoms with van der Waals surface area (Å²) in [4.78, 5) is 29.3. The van der Waals surface area contributed by atoms with Gasteiger partial charge >= 0.3 is 0 Å². The fraction of sp³-hybridized carbons (Fsp3) is 0.250. The summed E-state index contributed by atoms with van der Waals surface area (Å²) in [6.07, 6.45) is 3.75. The van der Waals surface area contributed by atoms with E-state index in [1.807, 2.05) is 29.1 Å². The molecule has 0 bridgehead atoms. The third kappa shape index (κ3) is 2.37. The summed E-state index contributed by atoms with van der Waals surface area (Å²) in [5, 5.41) is 5.16. The van der Waals surface area contributed by atoms with Crippen LogP contribution in [0.25, 0.3) is 5.13 Å². The number of amides is 2. The number of carbonyl (C=O) groups excluding carboxylic acids is 2. The second-order valence-corrected chi connectivity index (χ2v) is 5.02. The lowest BCUT2D eigenvalue weighted by molar-refractivity contribution is -0.123. The number of rotatable bonds is 2. The highest BCUT2D eigenvalue weighted by molar-refractivity contribution is 7.12. The topological polar surface area (TPSA) is 67.2 Å². The van der Waals surface area contributed by atoms with E-state index in [0.29, 0.717) is 18.8 Å². The molecule has 1 saturated heterocycles. The largest absolute Gasteiger partial charge is 0.353 e. The van der Waals surface area contributed by atoms with Crippen LogP contribution in [0.4, 0.5) is 0 Å². The van der Waals surface area contributed by atoms with Crippen LogP contribution in [-0.2, 0) is 4.79 Å². The first kappa shape index (κ1) is 11.9. The zero-order valence-electron chi connectivity index (χ0n) is 10.1. The van der Waals surface area contributed by atoms with Gasteiger partial charge in [0.05, 0.1) is 6.54 Å². The number of hydrogen-bond acceptors (Lipinski definition) is 4. The SMILES string of the molecule is O=C1CN(C(=O)c2csc(-n3cccc3)n2)CCN1. The molecule has 0 aromatic carbocycles. The average molecular weight is 276 g/mol. The van der Waals surface area contributed by atoms with E-state index in [2.05, 4.69) is 10.3 Å². The van der Waals surface area contributed by atoms with Gasteiger partial charge in [-0.2, -0.15) is 0 Å².